The van der Waals surface area contributed by atoms with Crippen LogP contribution in [-0.4, -0.2) is 30.7 Å². The van der Waals surface area contributed by atoms with Gasteiger partial charge in [0.2, 0.25) is 0 Å². The molecule has 4 heterocycles. The first kappa shape index (κ1) is 17.1. The molecule has 1 aliphatic carbocycles. The van der Waals surface area contributed by atoms with Crippen molar-refractivity contribution in [2.24, 2.45) is 0 Å². The molecule has 0 aliphatic heterocycles. The quantitative estimate of drug-likeness (QED) is 0.540. The van der Waals surface area contributed by atoms with Gasteiger partial charge in [-0.15, -0.1) is 16.4 Å². The zero-order chi connectivity index (χ0) is 19.6. The van der Waals surface area contributed by atoms with Gasteiger partial charge in [0, 0.05) is 0 Å². The number of pyridine rings is 1. The second kappa shape index (κ2) is 5.74. The number of carbonyl (C=O) groups is 1. The molecule has 0 saturated heterocycles. The minimum atomic E-state index is -4.61. The number of carboxylic acid groups (broad SMARTS) is 1. The van der Waals surface area contributed by atoms with Crippen LogP contribution in [0.4, 0.5) is 13.2 Å². The van der Waals surface area contributed by atoms with Crippen LogP contribution in [0.1, 0.15) is 40.5 Å². The molecule has 4 aromatic heterocycles. The number of nitrogens with zero attached hydrogens (tertiary/aromatic N) is 4. The normalized spacial score (nSPS) is 14.8. The summed E-state index contributed by atoms with van der Waals surface area (Å²) in [6.07, 6.45) is -3.08. The van der Waals surface area contributed by atoms with Gasteiger partial charge in [-0.1, -0.05) is 6.07 Å². The van der Waals surface area contributed by atoms with Crippen LogP contribution in [0.25, 0.3) is 27.3 Å². The largest absolute Gasteiger partial charge is 0.477 e. The third-order valence-electron chi connectivity index (χ3n) is 4.68. The summed E-state index contributed by atoms with van der Waals surface area (Å²) in [5, 5.41) is 15.9. The van der Waals surface area contributed by atoms with Crippen LogP contribution in [-0.2, 0) is 6.18 Å². The number of hydrogen-bond acceptors (Lipinski definition) is 5. The molecular formula is C18H11F3N4O2S. The second-order valence-electron chi connectivity index (χ2n) is 6.61. The Kier molecular flexibility index (Phi) is 3.51. The molecule has 0 radical (unpaired) electrons. The van der Waals surface area contributed by atoms with Crippen LogP contribution in [0, 0.1) is 0 Å². The van der Waals surface area contributed by atoms with E-state index in [0.717, 1.165) is 28.3 Å². The van der Waals surface area contributed by atoms with Crippen molar-refractivity contribution in [2.45, 2.75) is 24.9 Å². The third kappa shape index (κ3) is 2.63. The summed E-state index contributed by atoms with van der Waals surface area (Å²) in [7, 11) is 0. The van der Waals surface area contributed by atoms with Crippen molar-refractivity contribution in [3.8, 4) is 10.6 Å². The summed E-state index contributed by atoms with van der Waals surface area (Å²) in [4.78, 5) is 20.7. The molecule has 1 N–H and O–H groups in total. The Morgan fingerprint density at radius 2 is 2.04 bits per heavy atom. The molecule has 5 rings (SSSR count). The molecule has 0 unspecified atom stereocenters. The van der Waals surface area contributed by atoms with Gasteiger partial charge in [-0.2, -0.15) is 13.2 Å². The number of aromatic nitrogens is 4. The van der Waals surface area contributed by atoms with Crippen LogP contribution in [0.15, 0.2) is 29.6 Å². The van der Waals surface area contributed by atoms with Crippen LogP contribution >= 0.6 is 11.3 Å². The van der Waals surface area contributed by atoms with E-state index in [-0.39, 0.29) is 22.9 Å². The lowest BCUT2D eigenvalue weighted by Crippen LogP contribution is -2.09. The van der Waals surface area contributed by atoms with Gasteiger partial charge in [0.25, 0.3) is 0 Å². The molecule has 0 bridgehead atoms. The van der Waals surface area contributed by atoms with Gasteiger partial charge in [0.15, 0.2) is 17.0 Å². The lowest BCUT2D eigenvalue weighted by molar-refractivity contribution is -0.141. The van der Waals surface area contributed by atoms with Crippen molar-refractivity contribution in [1.29, 1.82) is 0 Å². The average Bonchev–Trinajstić information content (AvgIpc) is 3.20. The summed E-state index contributed by atoms with van der Waals surface area (Å²) < 4.78 is 40.9. The maximum absolute atomic E-state index is 13.3. The highest BCUT2D eigenvalue weighted by Gasteiger charge is 2.37. The summed E-state index contributed by atoms with van der Waals surface area (Å²) in [6.45, 7) is 0. The molecule has 0 spiro atoms. The molecule has 142 valence electrons. The fourth-order valence-electron chi connectivity index (χ4n) is 3.27. The van der Waals surface area contributed by atoms with Crippen LogP contribution < -0.4 is 0 Å². The Morgan fingerprint density at radius 1 is 1.25 bits per heavy atom. The summed E-state index contributed by atoms with van der Waals surface area (Å²) in [5.74, 6) is -1.28. The number of rotatable bonds is 3. The first-order valence-corrected chi connectivity index (χ1v) is 9.29. The molecule has 4 aromatic rings. The minimum absolute atomic E-state index is 0.0277. The van der Waals surface area contributed by atoms with Crippen molar-refractivity contribution in [1.82, 2.24) is 19.6 Å². The molecule has 0 aromatic carbocycles. The van der Waals surface area contributed by atoms with Gasteiger partial charge in [0.1, 0.15) is 5.69 Å². The topological polar surface area (TPSA) is 80.4 Å². The first-order valence-electron chi connectivity index (χ1n) is 8.41. The zero-order valence-corrected chi connectivity index (χ0v) is 14.9. The number of aromatic carboxylic acids is 1. The van der Waals surface area contributed by atoms with E-state index >= 15 is 0 Å². The number of hydrogen-bond donors (Lipinski definition) is 1. The number of fused-ring (bicyclic) bond motifs is 3. The van der Waals surface area contributed by atoms with Gasteiger partial charge in [0.05, 0.1) is 16.0 Å². The maximum atomic E-state index is 13.3. The summed E-state index contributed by atoms with van der Waals surface area (Å²) in [6, 6.07) is 6.03. The Bertz CT molecular complexity index is 1240. The van der Waals surface area contributed by atoms with Crippen molar-refractivity contribution in [2.75, 3.05) is 0 Å². The average molecular weight is 404 g/mol. The van der Waals surface area contributed by atoms with Gasteiger partial charge >= 0.3 is 12.1 Å². The van der Waals surface area contributed by atoms with E-state index in [1.807, 2.05) is 11.4 Å². The highest BCUT2D eigenvalue weighted by atomic mass is 32.1. The standard InChI is InChI=1S/C18H11F3N4O2S/c19-18(20,21)13-6-9(8-3-4-8)14-15(23-13)24-25-11(17(26)27)7-10(22-16(14)25)12-2-1-5-28-12/h1-2,5-8H,3-4H2,(H,26,27). The Morgan fingerprint density at radius 3 is 2.64 bits per heavy atom. The van der Waals surface area contributed by atoms with E-state index in [2.05, 4.69) is 15.1 Å². The molecule has 1 aliphatic rings. The minimum Gasteiger partial charge on any atom is -0.477 e. The smallest absolute Gasteiger partial charge is 0.433 e. The first-order chi connectivity index (χ1) is 13.3. The zero-order valence-electron chi connectivity index (χ0n) is 14.1. The summed E-state index contributed by atoms with van der Waals surface area (Å²) >= 11 is 1.39. The molecule has 6 nitrogen and oxygen atoms in total. The predicted molar refractivity (Wildman–Crippen MR) is 95.5 cm³/mol. The predicted octanol–water partition coefficient (Wildman–Crippen LogP) is 4.60. The number of carboxylic acids is 1. The van der Waals surface area contributed by atoms with Gasteiger partial charge in [-0.05, 0) is 47.9 Å². The lowest BCUT2D eigenvalue weighted by Gasteiger charge is -2.08. The second-order valence-corrected chi connectivity index (χ2v) is 7.56. The number of halogens is 3. The molecule has 1 saturated carbocycles. The Balaban J connectivity index is 1.90. The van der Waals surface area contributed by atoms with E-state index in [1.54, 1.807) is 6.07 Å². The van der Waals surface area contributed by atoms with Crippen LogP contribution in [0.3, 0.4) is 0 Å². The summed E-state index contributed by atoms with van der Waals surface area (Å²) in [5.41, 5.74) is -0.235. The van der Waals surface area contributed by atoms with Crippen molar-refractivity contribution < 1.29 is 23.1 Å². The van der Waals surface area contributed by atoms with Gasteiger partial charge in [-0.25, -0.2) is 19.3 Å². The van der Waals surface area contributed by atoms with Gasteiger partial charge < -0.3 is 5.11 Å². The van der Waals surface area contributed by atoms with Crippen molar-refractivity contribution >= 4 is 34.0 Å². The van der Waals surface area contributed by atoms with E-state index < -0.39 is 17.8 Å². The number of alkyl halides is 3. The van der Waals surface area contributed by atoms with E-state index in [4.69, 9.17) is 0 Å². The van der Waals surface area contributed by atoms with E-state index in [0.29, 0.717) is 16.6 Å². The monoisotopic (exact) mass is 404 g/mol. The van der Waals surface area contributed by atoms with E-state index in [9.17, 15) is 23.1 Å². The highest BCUT2D eigenvalue weighted by Crippen LogP contribution is 2.45. The highest BCUT2D eigenvalue weighted by molar-refractivity contribution is 7.13. The lowest BCUT2D eigenvalue weighted by atomic mass is 10.1. The fraction of sp³-hybridized carbons (Fsp3) is 0.222. The molecule has 0 amide bonds. The number of thiophene rings is 1. The molecule has 1 fully saturated rings. The molecule has 0 atom stereocenters. The van der Waals surface area contributed by atoms with Crippen molar-refractivity contribution in [3.05, 3.63) is 46.6 Å². The van der Waals surface area contributed by atoms with Gasteiger partial charge in [-0.3, -0.25) is 0 Å². The van der Waals surface area contributed by atoms with Crippen LogP contribution in [0.2, 0.25) is 0 Å². The third-order valence-corrected chi connectivity index (χ3v) is 5.57. The maximum Gasteiger partial charge on any atom is 0.433 e. The Labute approximate surface area is 159 Å². The van der Waals surface area contributed by atoms with Crippen molar-refractivity contribution in [3.63, 3.8) is 0 Å². The fourth-order valence-corrected chi connectivity index (χ4v) is 3.96. The SMILES string of the molecule is O=C(O)c1cc(-c2cccs2)nc2c3c(C4CC4)cc(C(F)(F)F)nc3nn12. The molecule has 10 heteroatoms. The molecule has 28 heavy (non-hydrogen) atoms. The van der Waals surface area contributed by atoms with Crippen LogP contribution in [0.5, 0.6) is 0 Å². The molecular weight excluding hydrogens is 393 g/mol. The Hall–Kier alpha value is -3.01. The van der Waals surface area contributed by atoms with E-state index in [1.165, 1.54) is 17.4 Å².